The number of aromatic hydroxyl groups is 1. The highest BCUT2D eigenvalue weighted by Gasteiger charge is 2.23. The van der Waals surface area contributed by atoms with Crippen molar-refractivity contribution in [1.29, 1.82) is 5.26 Å². The van der Waals surface area contributed by atoms with E-state index < -0.39 is 11.4 Å². The second-order valence-corrected chi connectivity index (χ2v) is 6.23. The van der Waals surface area contributed by atoms with E-state index in [0.29, 0.717) is 17.0 Å². The lowest BCUT2D eigenvalue weighted by atomic mass is 9.98. The first-order valence-electron chi connectivity index (χ1n) is 8.05. The van der Waals surface area contributed by atoms with E-state index in [0.717, 1.165) is 11.0 Å². The Bertz CT molecular complexity index is 910. The molecule has 0 amide bonds. The van der Waals surface area contributed by atoms with Gasteiger partial charge in [-0.15, -0.1) is 0 Å². The van der Waals surface area contributed by atoms with Gasteiger partial charge in [-0.25, -0.2) is 0 Å². The fourth-order valence-electron chi connectivity index (χ4n) is 2.69. The molecule has 0 aliphatic carbocycles. The molecule has 1 aromatic heterocycles. The lowest BCUT2D eigenvalue weighted by Gasteiger charge is -2.16. The van der Waals surface area contributed by atoms with Crippen LogP contribution in [-0.2, 0) is 6.54 Å². The average molecular weight is 359 g/mol. The average Bonchev–Trinajstić information content (AvgIpc) is 2.58. The van der Waals surface area contributed by atoms with Crippen LogP contribution in [0.15, 0.2) is 29.1 Å². The Balaban J connectivity index is 2.64. The smallest absolute Gasteiger partial charge is 0.271 e. The van der Waals surface area contributed by atoms with Gasteiger partial charge >= 0.3 is 0 Å². The van der Waals surface area contributed by atoms with E-state index in [1.54, 1.807) is 24.3 Å². The number of rotatable bonds is 6. The molecule has 130 valence electrons. The molecule has 0 aliphatic rings. The highest BCUT2D eigenvalue weighted by molar-refractivity contribution is 6.31. The predicted molar refractivity (Wildman–Crippen MR) is 96.2 cm³/mol. The summed E-state index contributed by atoms with van der Waals surface area (Å²) in [5, 5.41) is 20.4. The molecule has 1 heterocycles. The van der Waals surface area contributed by atoms with Gasteiger partial charge in [-0.2, -0.15) is 5.26 Å². The van der Waals surface area contributed by atoms with Crippen molar-refractivity contribution >= 4 is 17.4 Å². The second-order valence-electron chi connectivity index (χ2n) is 5.82. The minimum atomic E-state index is -0.635. The Morgan fingerprint density at radius 2 is 2.04 bits per heavy atom. The molecule has 5 nitrogen and oxygen atoms in total. The third-order valence-corrected chi connectivity index (χ3v) is 4.49. The predicted octanol–water partition coefficient (Wildman–Crippen LogP) is 3.81. The van der Waals surface area contributed by atoms with Gasteiger partial charge in [0.15, 0.2) is 5.78 Å². The standard InChI is InChI=1S/C19H19ClN2O3/c1-3-4-9-16(23)17-12(2)14(10-21)18(24)22(19(17)25)11-13-7-5-6-8-15(13)20/h5-8,25H,3-4,9,11H2,1-2H3. The molecule has 0 unspecified atom stereocenters. The number of hydrogen-bond acceptors (Lipinski definition) is 4. The maximum Gasteiger partial charge on any atom is 0.271 e. The Kier molecular flexibility index (Phi) is 6.00. The summed E-state index contributed by atoms with van der Waals surface area (Å²) in [6.07, 6.45) is 1.75. The number of aromatic nitrogens is 1. The number of benzene rings is 1. The van der Waals surface area contributed by atoms with E-state index in [-0.39, 0.29) is 35.4 Å². The molecule has 1 N–H and O–H groups in total. The highest BCUT2D eigenvalue weighted by atomic mass is 35.5. The normalized spacial score (nSPS) is 10.5. The van der Waals surface area contributed by atoms with E-state index >= 15 is 0 Å². The van der Waals surface area contributed by atoms with Crippen molar-refractivity contribution in [2.75, 3.05) is 0 Å². The van der Waals surface area contributed by atoms with Crippen LogP contribution >= 0.6 is 11.6 Å². The zero-order valence-electron chi connectivity index (χ0n) is 14.2. The topological polar surface area (TPSA) is 83.1 Å². The molecule has 0 fully saturated rings. The van der Waals surface area contributed by atoms with Crippen LogP contribution in [-0.4, -0.2) is 15.5 Å². The molecule has 2 rings (SSSR count). The molecule has 2 aromatic rings. The Morgan fingerprint density at radius 3 is 2.64 bits per heavy atom. The van der Waals surface area contributed by atoms with Crippen molar-refractivity contribution in [2.24, 2.45) is 0 Å². The molecule has 0 aliphatic heterocycles. The van der Waals surface area contributed by atoms with Crippen molar-refractivity contribution in [1.82, 2.24) is 4.57 Å². The lowest BCUT2D eigenvalue weighted by Crippen LogP contribution is -2.27. The first-order valence-corrected chi connectivity index (χ1v) is 8.43. The Hall–Kier alpha value is -2.58. The SMILES string of the molecule is CCCCC(=O)c1c(C)c(C#N)c(=O)n(Cc2ccccc2Cl)c1O. The van der Waals surface area contributed by atoms with Crippen LogP contribution in [0.3, 0.4) is 0 Å². The maximum atomic E-state index is 12.6. The van der Waals surface area contributed by atoms with Gasteiger partial charge in [0.2, 0.25) is 5.88 Å². The fraction of sp³-hybridized carbons (Fsp3) is 0.316. The Labute approximate surface area is 151 Å². The molecule has 0 saturated heterocycles. The zero-order valence-corrected chi connectivity index (χ0v) is 14.9. The molecule has 0 atom stereocenters. The molecule has 25 heavy (non-hydrogen) atoms. The van der Waals surface area contributed by atoms with Gasteiger partial charge in [0.1, 0.15) is 11.6 Å². The quantitative estimate of drug-likeness (QED) is 0.796. The van der Waals surface area contributed by atoms with Crippen LogP contribution in [0.25, 0.3) is 0 Å². The van der Waals surface area contributed by atoms with Crippen molar-refractivity contribution in [3.05, 3.63) is 61.9 Å². The minimum absolute atomic E-state index is 0.0205. The third-order valence-electron chi connectivity index (χ3n) is 4.12. The van der Waals surface area contributed by atoms with Gasteiger partial charge in [0.05, 0.1) is 12.1 Å². The summed E-state index contributed by atoms with van der Waals surface area (Å²) >= 11 is 6.13. The summed E-state index contributed by atoms with van der Waals surface area (Å²) in [6.45, 7) is 3.45. The largest absolute Gasteiger partial charge is 0.494 e. The van der Waals surface area contributed by atoms with Crippen LogP contribution < -0.4 is 5.56 Å². The number of nitrogens with zero attached hydrogens (tertiary/aromatic N) is 2. The molecular formula is C19H19ClN2O3. The minimum Gasteiger partial charge on any atom is -0.494 e. The number of halogens is 1. The number of nitriles is 1. The number of carbonyl (C=O) groups is 1. The molecule has 1 aromatic carbocycles. The van der Waals surface area contributed by atoms with Crippen molar-refractivity contribution in [3.63, 3.8) is 0 Å². The van der Waals surface area contributed by atoms with Crippen LogP contribution in [0.2, 0.25) is 5.02 Å². The monoisotopic (exact) mass is 358 g/mol. The second kappa shape index (κ2) is 8.00. The van der Waals surface area contributed by atoms with Crippen molar-refractivity contribution < 1.29 is 9.90 Å². The van der Waals surface area contributed by atoms with Gasteiger partial charge in [0, 0.05) is 11.4 Å². The fourth-order valence-corrected chi connectivity index (χ4v) is 2.89. The number of unbranched alkanes of at least 4 members (excludes halogenated alkanes) is 1. The summed E-state index contributed by atoms with van der Waals surface area (Å²) in [6, 6.07) is 8.76. The summed E-state index contributed by atoms with van der Waals surface area (Å²) < 4.78 is 1.03. The summed E-state index contributed by atoms with van der Waals surface area (Å²) in [5.74, 6) is -0.691. The van der Waals surface area contributed by atoms with Crippen LogP contribution in [0.4, 0.5) is 0 Å². The molecular weight excluding hydrogens is 340 g/mol. The summed E-state index contributed by atoms with van der Waals surface area (Å²) in [7, 11) is 0. The number of Topliss-reactive ketones (excluding diaryl/α,β-unsaturated/α-hetero) is 1. The zero-order chi connectivity index (χ0) is 18.6. The molecule has 0 spiro atoms. The van der Waals surface area contributed by atoms with Gasteiger partial charge in [-0.3, -0.25) is 14.2 Å². The third kappa shape index (κ3) is 3.75. The number of carbonyl (C=O) groups excluding carboxylic acids is 1. The van der Waals surface area contributed by atoms with Crippen LogP contribution in [0.5, 0.6) is 5.88 Å². The summed E-state index contributed by atoms with van der Waals surface area (Å²) in [4.78, 5) is 25.1. The lowest BCUT2D eigenvalue weighted by molar-refractivity contribution is 0.0975. The van der Waals surface area contributed by atoms with E-state index in [1.165, 1.54) is 6.92 Å². The van der Waals surface area contributed by atoms with Crippen molar-refractivity contribution in [3.8, 4) is 11.9 Å². The van der Waals surface area contributed by atoms with Gasteiger partial charge in [-0.1, -0.05) is 43.1 Å². The van der Waals surface area contributed by atoms with Crippen molar-refractivity contribution in [2.45, 2.75) is 39.7 Å². The first kappa shape index (κ1) is 18.8. The van der Waals surface area contributed by atoms with Crippen LogP contribution in [0, 0.1) is 18.3 Å². The molecule has 6 heteroatoms. The van der Waals surface area contributed by atoms with Crippen LogP contribution in [0.1, 0.15) is 53.2 Å². The number of ketones is 1. The Morgan fingerprint density at radius 1 is 1.36 bits per heavy atom. The van der Waals surface area contributed by atoms with E-state index in [4.69, 9.17) is 11.6 Å². The molecule has 0 bridgehead atoms. The van der Waals surface area contributed by atoms with Gasteiger partial charge < -0.3 is 5.11 Å². The maximum absolute atomic E-state index is 12.6. The van der Waals surface area contributed by atoms with E-state index in [9.17, 15) is 20.0 Å². The van der Waals surface area contributed by atoms with Gasteiger partial charge in [-0.05, 0) is 30.5 Å². The van der Waals surface area contributed by atoms with Gasteiger partial charge in [0.25, 0.3) is 5.56 Å². The summed E-state index contributed by atoms with van der Waals surface area (Å²) in [5.41, 5.74) is 0.105. The number of pyridine rings is 1. The highest BCUT2D eigenvalue weighted by Crippen LogP contribution is 2.26. The molecule has 0 radical (unpaired) electrons. The molecule has 0 saturated carbocycles. The number of hydrogen-bond donors (Lipinski definition) is 1. The van der Waals surface area contributed by atoms with E-state index in [1.807, 2.05) is 13.0 Å². The first-order chi connectivity index (χ1) is 11.9. The van der Waals surface area contributed by atoms with E-state index in [2.05, 4.69) is 0 Å².